The minimum Gasteiger partial charge on any atom is -0.396 e. The third-order valence-electron chi connectivity index (χ3n) is 3.01. The number of amides is 1. The van der Waals surface area contributed by atoms with Gasteiger partial charge >= 0.3 is 0 Å². The molecule has 1 aromatic heterocycles. The van der Waals surface area contributed by atoms with Crippen LogP contribution in [0.25, 0.3) is 10.9 Å². The van der Waals surface area contributed by atoms with Gasteiger partial charge in [0.15, 0.2) is 0 Å². The van der Waals surface area contributed by atoms with Crippen LogP contribution in [0.1, 0.15) is 30.1 Å². The molecule has 0 saturated heterocycles. The van der Waals surface area contributed by atoms with E-state index in [1.54, 1.807) is 6.20 Å². The summed E-state index contributed by atoms with van der Waals surface area (Å²) in [4.78, 5) is 15.2. The number of aliphatic hydroxyl groups excluding tert-OH is 1. The largest absolute Gasteiger partial charge is 0.396 e. The average Bonchev–Trinajstić information content (AvgIpc) is 2.80. The summed E-state index contributed by atoms with van der Waals surface area (Å²) in [5, 5.41) is 12.6. The molecule has 0 aliphatic rings. The molecule has 4 heteroatoms. The van der Waals surface area contributed by atoms with Crippen molar-refractivity contribution in [3.63, 3.8) is 0 Å². The molecule has 1 unspecified atom stereocenters. The maximum Gasteiger partial charge on any atom is 0.253 e. The number of hydrogen-bond acceptors (Lipinski definition) is 2. The lowest BCUT2D eigenvalue weighted by Gasteiger charge is -2.12. The van der Waals surface area contributed by atoms with Crippen LogP contribution in [-0.4, -0.2) is 28.6 Å². The van der Waals surface area contributed by atoms with E-state index < -0.39 is 0 Å². The van der Waals surface area contributed by atoms with E-state index in [0.717, 1.165) is 17.3 Å². The molecule has 96 valence electrons. The Hall–Kier alpha value is -1.81. The fourth-order valence-corrected chi connectivity index (χ4v) is 2.03. The number of aromatic amines is 1. The minimum atomic E-state index is -0.0714. The SMILES string of the molecule is CC(CCCO)NC(=O)c1c[nH]c2ccccc12. The number of aromatic nitrogens is 1. The van der Waals surface area contributed by atoms with Crippen molar-refractivity contribution >= 4 is 16.8 Å². The van der Waals surface area contributed by atoms with Crippen LogP contribution in [0.15, 0.2) is 30.5 Å². The molecule has 1 atom stereocenters. The van der Waals surface area contributed by atoms with E-state index in [1.807, 2.05) is 31.2 Å². The number of carbonyl (C=O) groups is 1. The number of nitrogens with one attached hydrogen (secondary N) is 2. The quantitative estimate of drug-likeness (QED) is 0.756. The highest BCUT2D eigenvalue weighted by molar-refractivity contribution is 6.06. The van der Waals surface area contributed by atoms with E-state index >= 15 is 0 Å². The Morgan fingerprint density at radius 1 is 1.44 bits per heavy atom. The van der Waals surface area contributed by atoms with Crippen molar-refractivity contribution in [1.82, 2.24) is 10.3 Å². The zero-order valence-corrected chi connectivity index (χ0v) is 10.4. The van der Waals surface area contributed by atoms with Crippen LogP contribution in [-0.2, 0) is 0 Å². The molecule has 0 spiro atoms. The molecular formula is C14H18N2O2. The summed E-state index contributed by atoms with van der Waals surface area (Å²) in [6, 6.07) is 7.80. The van der Waals surface area contributed by atoms with E-state index in [4.69, 9.17) is 5.11 Å². The van der Waals surface area contributed by atoms with Gasteiger partial charge in [0.2, 0.25) is 0 Å². The molecule has 1 amide bonds. The normalized spacial score (nSPS) is 12.6. The summed E-state index contributed by atoms with van der Waals surface area (Å²) in [5.41, 5.74) is 1.63. The maximum absolute atomic E-state index is 12.1. The van der Waals surface area contributed by atoms with E-state index in [9.17, 15) is 4.79 Å². The number of rotatable bonds is 5. The van der Waals surface area contributed by atoms with Crippen LogP contribution >= 0.6 is 0 Å². The first-order chi connectivity index (χ1) is 8.72. The topological polar surface area (TPSA) is 65.1 Å². The van der Waals surface area contributed by atoms with Crippen molar-refractivity contribution in [1.29, 1.82) is 0 Å². The van der Waals surface area contributed by atoms with Gasteiger partial charge in [-0.15, -0.1) is 0 Å². The summed E-state index contributed by atoms with van der Waals surface area (Å²) in [6.07, 6.45) is 3.22. The molecule has 0 saturated carbocycles. The van der Waals surface area contributed by atoms with E-state index in [2.05, 4.69) is 10.3 Å². The second-order valence-corrected chi connectivity index (χ2v) is 4.49. The van der Waals surface area contributed by atoms with Crippen molar-refractivity contribution < 1.29 is 9.90 Å². The van der Waals surface area contributed by atoms with Crippen LogP contribution in [0.2, 0.25) is 0 Å². The Bertz CT molecular complexity index is 533. The van der Waals surface area contributed by atoms with Gasteiger partial charge in [-0.1, -0.05) is 18.2 Å². The van der Waals surface area contributed by atoms with Crippen molar-refractivity contribution in [2.75, 3.05) is 6.61 Å². The number of fused-ring (bicyclic) bond motifs is 1. The smallest absolute Gasteiger partial charge is 0.253 e. The fraction of sp³-hybridized carbons (Fsp3) is 0.357. The van der Waals surface area contributed by atoms with Crippen LogP contribution in [0.3, 0.4) is 0 Å². The van der Waals surface area contributed by atoms with Crippen LogP contribution < -0.4 is 5.32 Å². The number of H-pyrrole nitrogens is 1. The highest BCUT2D eigenvalue weighted by atomic mass is 16.2. The first-order valence-corrected chi connectivity index (χ1v) is 6.20. The van der Waals surface area contributed by atoms with Gasteiger partial charge in [0.1, 0.15) is 0 Å². The lowest BCUT2D eigenvalue weighted by molar-refractivity contribution is 0.0938. The Kier molecular flexibility index (Phi) is 3.99. The zero-order valence-electron chi connectivity index (χ0n) is 10.4. The zero-order chi connectivity index (χ0) is 13.0. The van der Waals surface area contributed by atoms with Crippen molar-refractivity contribution in [2.45, 2.75) is 25.8 Å². The first kappa shape index (κ1) is 12.6. The molecule has 0 radical (unpaired) electrons. The Morgan fingerprint density at radius 2 is 2.22 bits per heavy atom. The van der Waals surface area contributed by atoms with Gasteiger partial charge in [-0.2, -0.15) is 0 Å². The Balaban J connectivity index is 2.09. The summed E-state index contributed by atoms with van der Waals surface area (Å²) in [7, 11) is 0. The summed E-state index contributed by atoms with van der Waals surface area (Å²) in [5.74, 6) is -0.0714. The molecule has 0 aliphatic heterocycles. The van der Waals surface area contributed by atoms with Crippen LogP contribution in [0, 0.1) is 0 Å². The molecule has 18 heavy (non-hydrogen) atoms. The number of aliphatic hydroxyl groups is 1. The second kappa shape index (κ2) is 5.69. The summed E-state index contributed by atoms with van der Waals surface area (Å²) < 4.78 is 0. The molecule has 4 nitrogen and oxygen atoms in total. The molecule has 1 aromatic carbocycles. The Morgan fingerprint density at radius 3 is 3.00 bits per heavy atom. The first-order valence-electron chi connectivity index (χ1n) is 6.20. The average molecular weight is 246 g/mol. The fourth-order valence-electron chi connectivity index (χ4n) is 2.03. The minimum absolute atomic E-state index is 0.0679. The highest BCUT2D eigenvalue weighted by Crippen LogP contribution is 2.17. The number of para-hydroxylation sites is 1. The van der Waals surface area contributed by atoms with Crippen LogP contribution in [0.4, 0.5) is 0 Å². The Labute approximate surface area is 106 Å². The van der Waals surface area contributed by atoms with E-state index in [0.29, 0.717) is 12.0 Å². The predicted molar refractivity (Wildman–Crippen MR) is 71.5 cm³/mol. The number of benzene rings is 1. The van der Waals surface area contributed by atoms with Crippen molar-refractivity contribution in [3.8, 4) is 0 Å². The summed E-state index contributed by atoms with van der Waals surface area (Å²) in [6.45, 7) is 2.11. The maximum atomic E-state index is 12.1. The van der Waals surface area contributed by atoms with E-state index in [1.165, 1.54) is 0 Å². The molecule has 0 fully saturated rings. The molecule has 2 aromatic rings. The molecule has 2 rings (SSSR count). The lowest BCUT2D eigenvalue weighted by atomic mass is 10.1. The van der Waals surface area contributed by atoms with Gasteiger partial charge in [0.25, 0.3) is 5.91 Å². The van der Waals surface area contributed by atoms with Crippen molar-refractivity contribution in [3.05, 3.63) is 36.0 Å². The van der Waals surface area contributed by atoms with Gasteiger partial charge in [0.05, 0.1) is 5.56 Å². The highest BCUT2D eigenvalue weighted by Gasteiger charge is 2.13. The summed E-state index contributed by atoms with van der Waals surface area (Å²) >= 11 is 0. The second-order valence-electron chi connectivity index (χ2n) is 4.49. The lowest BCUT2D eigenvalue weighted by Crippen LogP contribution is -2.32. The predicted octanol–water partition coefficient (Wildman–Crippen LogP) is 2.06. The van der Waals surface area contributed by atoms with Crippen LogP contribution in [0.5, 0.6) is 0 Å². The molecule has 3 N–H and O–H groups in total. The third kappa shape index (κ3) is 2.71. The van der Waals surface area contributed by atoms with E-state index in [-0.39, 0.29) is 18.6 Å². The third-order valence-corrected chi connectivity index (χ3v) is 3.01. The molecule has 1 heterocycles. The number of carbonyl (C=O) groups excluding carboxylic acids is 1. The monoisotopic (exact) mass is 246 g/mol. The molecule has 0 aliphatic carbocycles. The standard InChI is InChI=1S/C14H18N2O2/c1-10(5-4-8-17)16-14(18)12-9-15-13-7-3-2-6-11(12)13/h2-3,6-7,9-10,15,17H,4-5,8H2,1H3,(H,16,18). The van der Waals surface area contributed by atoms with Crippen molar-refractivity contribution in [2.24, 2.45) is 0 Å². The van der Waals surface area contributed by atoms with Gasteiger partial charge in [0, 0.05) is 29.7 Å². The van der Waals surface area contributed by atoms with Gasteiger partial charge in [-0.25, -0.2) is 0 Å². The molecular weight excluding hydrogens is 228 g/mol. The van der Waals surface area contributed by atoms with Gasteiger partial charge in [-0.05, 0) is 25.8 Å². The number of hydrogen-bond donors (Lipinski definition) is 3. The van der Waals surface area contributed by atoms with Gasteiger partial charge < -0.3 is 15.4 Å². The molecule has 0 bridgehead atoms. The van der Waals surface area contributed by atoms with Gasteiger partial charge in [-0.3, -0.25) is 4.79 Å².